The highest BCUT2D eigenvalue weighted by atomic mass is 16.3. The molecule has 0 amide bonds. The number of oxazole rings is 1. The molecule has 2 aromatic carbocycles. The second-order valence-electron chi connectivity index (χ2n) is 6.40. The van der Waals surface area contributed by atoms with E-state index in [0.717, 1.165) is 41.1 Å². The predicted octanol–water partition coefficient (Wildman–Crippen LogP) is 4.00. The molecule has 1 atom stereocenters. The van der Waals surface area contributed by atoms with Crippen LogP contribution in [0.2, 0.25) is 0 Å². The Morgan fingerprint density at radius 1 is 1.21 bits per heavy atom. The number of nitriles is 1. The van der Waals surface area contributed by atoms with Gasteiger partial charge in [0.25, 0.3) is 0 Å². The third kappa shape index (κ3) is 2.79. The molecule has 0 radical (unpaired) electrons. The van der Waals surface area contributed by atoms with Gasteiger partial charge in [0, 0.05) is 19.0 Å². The first kappa shape index (κ1) is 14.9. The summed E-state index contributed by atoms with van der Waals surface area (Å²) in [6.07, 6.45) is 2.15. The van der Waals surface area contributed by atoms with Crippen LogP contribution in [0.1, 0.15) is 24.8 Å². The highest BCUT2D eigenvalue weighted by Gasteiger charge is 2.23. The van der Waals surface area contributed by atoms with Crippen LogP contribution < -0.4 is 0 Å². The lowest BCUT2D eigenvalue weighted by atomic mass is 10.0. The quantitative estimate of drug-likeness (QED) is 0.730. The van der Waals surface area contributed by atoms with Gasteiger partial charge >= 0.3 is 0 Å². The molecule has 24 heavy (non-hydrogen) atoms. The van der Waals surface area contributed by atoms with Gasteiger partial charge in [0.05, 0.1) is 11.6 Å². The molecule has 1 unspecified atom stereocenters. The molecule has 4 rings (SSSR count). The fourth-order valence-corrected chi connectivity index (χ4v) is 3.14. The topological polar surface area (TPSA) is 53.1 Å². The van der Waals surface area contributed by atoms with Crippen molar-refractivity contribution in [2.45, 2.75) is 25.8 Å². The molecule has 4 heteroatoms. The van der Waals surface area contributed by atoms with E-state index >= 15 is 0 Å². The molecule has 4 nitrogen and oxygen atoms in total. The number of aromatic nitrogens is 1. The van der Waals surface area contributed by atoms with Crippen molar-refractivity contribution in [2.75, 3.05) is 13.1 Å². The van der Waals surface area contributed by atoms with E-state index in [1.165, 1.54) is 13.0 Å². The smallest absolute Gasteiger partial charge is 0.196 e. The van der Waals surface area contributed by atoms with E-state index in [1.807, 2.05) is 36.4 Å². The van der Waals surface area contributed by atoms with Gasteiger partial charge in [-0.1, -0.05) is 18.2 Å². The van der Waals surface area contributed by atoms with E-state index in [0.29, 0.717) is 11.6 Å². The summed E-state index contributed by atoms with van der Waals surface area (Å²) >= 11 is 0. The van der Waals surface area contributed by atoms with Crippen molar-refractivity contribution in [1.82, 2.24) is 9.88 Å². The van der Waals surface area contributed by atoms with Crippen LogP contribution >= 0.6 is 0 Å². The third-order valence-electron chi connectivity index (χ3n) is 4.85. The van der Waals surface area contributed by atoms with Gasteiger partial charge in [-0.25, -0.2) is 4.98 Å². The van der Waals surface area contributed by atoms with Crippen LogP contribution in [0.25, 0.3) is 22.2 Å². The number of hydrogen-bond donors (Lipinski definition) is 0. The van der Waals surface area contributed by atoms with Crippen molar-refractivity contribution in [3.8, 4) is 17.2 Å². The van der Waals surface area contributed by atoms with Crippen LogP contribution in [0.15, 0.2) is 46.9 Å². The number of nitrogens with zero attached hydrogens (tertiary/aromatic N) is 3. The van der Waals surface area contributed by atoms with Crippen LogP contribution in [0, 0.1) is 11.3 Å². The standard InChI is InChI=1S/C20H19N3O/c1-14-8-10-23(14)11-9-20-22-18-12-17(6-7-19(18)24-20)16-4-2-15(13-21)3-5-16/h2-7,12,14H,8-11H2,1H3. The van der Waals surface area contributed by atoms with Crippen LogP contribution in [0.4, 0.5) is 0 Å². The Balaban J connectivity index is 1.55. The summed E-state index contributed by atoms with van der Waals surface area (Å²) in [7, 11) is 0. The normalized spacial score (nSPS) is 17.6. The summed E-state index contributed by atoms with van der Waals surface area (Å²) in [5.74, 6) is 0.807. The summed E-state index contributed by atoms with van der Waals surface area (Å²) in [4.78, 5) is 7.10. The molecule has 0 saturated carbocycles. The molecule has 0 N–H and O–H groups in total. The Hall–Kier alpha value is -2.64. The van der Waals surface area contributed by atoms with E-state index in [9.17, 15) is 0 Å². The summed E-state index contributed by atoms with van der Waals surface area (Å²) in [6, 6.07) is 16.5. The minimum absolute atomic E-state index is 0.670. The molecule has 3 aromatic rings. The van der Waals surface area contributed by atoms with E-state index in [-0.39, 0.29) is 0 Å². The molecule has 1 aromatic heterocycles. The zero-order chi connectivity index (χ0) is 16.5. The van der Waals surface area contributed by atoms with Gasteiger partial charge in [-0.05, 0) is 55.3 Å². The van der Waals surface area contributed by atoms with Crippen LogP contribution in [-0.4, -0.2) is 29.0 Å². The Morgan fingerprint density at radius 2 is 2.00 bits per heavy atom. The first-order chi connectivity index (χ1) is 11.7. The molecule has 0 bridgehead atoms. The Kier molecular flexibility index (Phi) is 3.79. The molecule has 1 aliphatic rings. The van der Waals surface area contributed by atoms with Crippen molar-refractivity contribution in [3.05, 3.63) is 53.9 Å². The van der Waals surface area contributed by atoms with Crippen molar-refractivity contribution >= 4 is 11.1 Å². The van der Waals surface area contributed by atoms with Gasteiger partial charge < -0.3 is 9.32 Å². The second kappa shape index (κ2) is 6.10. The van der Waals surface area contributed by atoms with Gasteiger partial charge in [-0.2, -0.15) is 5.26 Å². The van der Waals surface area contributed by atoms with Crippen LogP contribution in [0.5, 0.6) is 0 Å². The Morgan fingerprint density at radius 3 is 2.67 bits per heavy atom. The fraction of sp³-hybridized carbons (Fsp3) is 0.300. The molecule has 0 aliphatic carbocycles. The van der Waals surface area contributed by atoms with E-state index in [1.54, 1.807) is 0 Å². The van der Waals surface area contributed by atoms with Crippen molar-refractivity contribution in [1.29, 1.82) is 5.26 Å². The maximum atomic E-state index is 8.90. The van der Waals surface area contributed by atoms with E-state index in [4.69, 9.17) is 9.68 Å². The Bertz CT molecular complexity index is 905. The van der Waals surface area contributed by atoms with E-state index in [2.05, 4.69) is 28.9 Å². The third-order valence-corrected chi connectivity index (χ3v) is 4.85. The van der Waals surface area contributed by atoms with E-state index < -0.39 is 0 Å². The maximum Gasteiger partial charge on any atom is 0.196 e. The maximum absolute atomic E-state index is 8.90. The predicted molar refractivity (Wildman–Crippen MR) is 93.5 cm³/mol. The molecule has 1 fully saturated rings. The average Bonchev–Trinajstić information content (AvgIpc) is 3.02. The van der Waals surface area contributed by atoms with Gasteiger partial charge in [-0.3, -0.25) is 0 Å². The van der Waals surface area contributed by atoms with Crippen molar-refractivity contribution < 1.29 is 4.42 Å². The molecule has 0 spiro atoms. The molecular weight excluding hydrogens is 298 g/mol. The SMILES string of the molecule is CC1CCN1CCc1nc2cc(-c3ccc(C#N)cc3)ccc2o1. The molecular formula is C20H19N3O. The van der Waals surface area contributed by atoms with Crippen molar-refractivity contribution in [2.24, 2.45) is 0 Å². The summed E-state index contributed by atoms with van der Waals surface area (Å²) in [5, 5.41) is 8.90. The van der Waals surface area contributed by atoms with Gasteiger partial charge in [0.1, 0.15) is 5.52 Å². The highest BCUT2D eigenvalue weighted by Crippen LogP contribution is 2.25. The Labute approximate surface area is 141 Å². The number of rotatable bonds is 4. The minimum Gasteiger partial charge on any atom is -0.441 e. The number of benzene rings is 2. The number of fused-ring (bicyclic) bond motifs is 1. The monoisotopic (exact) mass is 317 g/mol. The number of hydrogen-bond acceptors (Lipinski definition) is 4. The minimum atomic E-state index is 0.670. The zero-order valence-corrected chi connectivity index (χ0v) is 13.7. The van der Waals surface area contributed by atoms with Crippen LogP contribution in [-0.2, 0) is 6.42 Å². The van der Waals surface area contributed by atoms with Gasteiger partial charge in [-0.15, -0.1) is 0 Å². The van der Waals surface area contributed by atoms with Crippen LogP contribution in [0.3, 0.4) is 0 Å². The second-order valence-corrected chi connectivity index (χ2v) is 6.40. The lowest BCUT2D eigenvalue weighted by Crippen LogP contribution is -2.46. The molecule has 1 aliphatic heterocycles. The molecule has 1 saturated heterocycles. The van der Waals surface area contributed by atoms with Crippen molar-refractivity contribution in [3.63, 3.8) is 0 Å². The largest absolute Gasteiger partial charge is 0.441 e. The van der Waals surface area contributed by atoms with Gasteiger partial charge in [0.15, 0.2) is 11.5 Å². The molecule has 120 valence electrons. The van der Waals surface area contributed by atoms with Gasteiger partial charge in [0.2, 0.25) is 0 Å². The fourth-order valence-electron chi connectivity index (χ4n) is 3.14. The lowest BCUT2D eigenvalue weighted by Gasteiger charge is -2.38. The zero-order valence-electron chi connectivity index (χ0n) is 13.7. The highest BCUT2D eigenvalue weighted by molar-refractivity contribution is 5.80. The number of likely N-dealkylation sites (tertiary alicyclic amines) is 1. The summed E-state index contributed by atoms with van der Waals surface area (Å²) in [6.45, 7) is 4.46. The first-order valence-corrected chi connectivity index (χ1v) is 8.37. The average molecular weight is 317 g/mol. The lowest BCUT2D eigenvalue weighted by molar-refractivity contribution is 0.104. The summed E-state index contributed by atoms with van der Waals surface area (Å²) in [5.41, 5.74) is 4.56. The molecule has 2 heterocycles. The summed E-state index contributed by atoms with van der Waals surface area (Å²) < 4.78 is 5.87. The first-order valence-electron chi connectivity index (χ1n) is 8.37.